The number of furan rings is 1. The van der Waals surface area contributed by atoms with Gasteiger partial charge >= 0.3 is 17.8 Å². The highest BCUT2D eigenvalue weighted by atomic mass is 16.6. The second-order valence-electron chi connectivity index (χ2n) is 6.89. The number of esters is 1. The van der Waals surface area contributed by atoms with Crippen molar-refractivity contribution in [1.29, 1.82) is 0 Å². The Morgan fingerprint density at radius 3 is 2.26 bits per heavy atom. The molecule has 0 fully saturated rings. The summed E-state index contributed by atoms with van der Waals surface area (Å²) in [5, 5.41) is 6.42. The lowest BCUT2D eigenvalue weighted by Crippen LogP contribution is -2.33. The maximum absolute atomic E-state index is 12.3. The highest BCUT2D eigenvalue weighted by Crippen LogP contribution is 2.30. The normalized spacial score (nSPS) is 10.8. The second kappa shape index (κ2) is 11.4. The van der Waals surface area contributed by atoms with E-state index < -0.39 is 17.8 Å². The van der Waals surface area contributed by atoms with Crippen LogP contribution in [0.3, 0.4) is 0 Å². The van der Waals surface area contributed by atoms with Crippen molar-refractivity contribution in [3.63, 3.8) is 0 Å². The van der Waals surface area contributed by atoms with Crippen LogP contribution in [0.1, 0.15) is 23.0 Å². The number of benzene rings is 2. The van der Waals surface area contributed by atoms with Gasteiger partial charge in [-0.05, 0) is 49.4 Å². The van der Waals surface area contributed by atoms with Crippen LogP contribution in [0.4, 0.5) is 5.69 Å². The second-order valence-corrected chi connectivity index (χ2v) is 6.89. The van der Waals surface area contributed by atoms with E-state index in [9.17, 15) is 14.4 Å². The number of nitrogens with one attached hydrogen (secondary N) is 2. The molecule has 182 valence electrons. The number of hydrogen-bond acceptors (Lipinski definition) is 9. The summed E-state index contributed by atoms with van der Waals surface area (Å²) in [5.74, 6) is -1.34. The maximum atomic E-state index is 12.3. The van der Waals surface area contributed by atoms with E-state index in [1.807, 2.05) is 0 Å². The Bertz CT molecular complexity index is 1250. The van der Waals surface area contributed by atoms with Crippen molar-refractivity contribution in [2.75, 3.05) is 26.6 Å². The van der Waals surface area contributed by atoms with E-state index >= 15 is 0 Å². The molecule has 11 heteroatoms. The monoisotopic (exact) mass is 481 g/mol. The number of methoxy groups -OCH3 is 3. The van der Waals surface area contributed by atoms with Gasteiger partial charge in [0.15, 0.2) is 11.5 Å². The third kappa shape index (κ3) is 6.16. The number of carbonyl (C=O) groups excluding carboxylic acids is 3. The molecule has 3 rings (SSSR count). The molecule has 0 saturated heterocycles. The van der Waals surface area contributed by atoms with Gasteiger partial charge in [0, 0.05) is 11.6 Å². The summed E-state index contributed by atoms with van der Waals surface area (Å²) in [6.45, 7) is 1.62. The van der Waals surface area contributed by atoms with Crippen LogP contribution in [0, 0.1) is 0 Å². The quantitative estimate of drug-likeness (QED) is 0.165. The predicted octanol–water partition coefficient (Wildman–Crippen LogP) is 3.00. The lowest BCUT2D eigenvalue weighted by atomic mass is 10.1. The summed E-state index contributed by atoms with van der Waals surface area (Å²) < 4.78 is 25.9. The van der Waals surface area contributed by atoms with Crippen LogP contribution in [-0.2, 0) is 9.59 Å². The fraction of sp³-hybridized carbons (Fsp3) is 0.167. The Labute approximate surface area is 200 Å². The highest BCUT2D eigenvalue weighted by Gasteiger charge is 2.18. The molecule has 0 aliphatic rings. The Kier molecular flexibility index (Phi) is 8.06. The number of hydrogen-bond donors (Lipinski definition) is 2. The number of hydrazone groups is 1. The molecule has 2 aromatic carbocycles. The molecule has 0 atom stereocenters. The van der Waals surface area contributed by atoms with Crippen LogP contribution in [-0.4, -0.2) is 44.8 Å². The van der Waals surface area contributed by atoms with Crippen molar-refractivity contribution in [2.24, 2.45) is 5.10 Å². The van der Waals surface area contributed by atoms with Gasteiger partial charge in [0.05, 0.1) is 39.0 Å². The number of carbonyl (C=O) groups is 3. The molecular formula is C24H23N3O8. The molecule has 2 amide bonds. The zero-order chi connectivity index (χ0) is 25.4. The minimum atomic E-state index is -0.995. The minimum Gasteiger partial charge on any atom is -0.497 e. The van der Waals surface area contributed by atoms with Crippen molar-refractivity contribution in [3.8, 4) is 23.0 Å². The van der Waals surface area contributed by atoms with Gasteiger partial charge in [-0.1, -0.05) is 0 Å². The molecule has 1 aromatic heterocycles. The Morgan fingerprint density at radius 1 is 0.857 bits per heavy atom. The molecule has 0 spiro atoms. The zero-order valence-electron chi connectivity index (χ0n) is 19.4. The molecule has 0 radical (unpaired) electrons. The molecular weight excluding hydrogens is 458 g/mol. The van der Waals surface area contributed by atoms with E-state index in [1.165, 1.54) is 45.8 Å². The standard InChI is InChI=1S/C24H23N3O8/c1-14(15-7-9-19(21(12-15)33-4)35-24(30)20-6-5-11-34-20)26-27-23(29)22(28)25-17-13-16(31-2)8-10-18(17)32-3/h5-13H,1-4H3,(H,25,28)(H,27,29)/b26-14+. The molecule has 0 aliphatic heterocycles. The van der Waals surface area contributed by atoms with E-state index in [1.54, 1.807) is 37.3 Å². The van der Waals surface area contributed by atoms with Crippen molar-refractivity contribution >= 4 is 29.2 Å². The van der Waals surface area contributed by atoms with Crippen LogP contribution in [0.2, 0.25) is 0 Å². The van der Waals surface area contributed by atoms with Gasteiger partial charge in [-0.15, -0.1) is 0 Å². The van der Waals surface area contributed by atoms with Gasteiger partial charge < -0.3 is 28.7 Å². The van der Waals surface area contributed by atoms with Crippen LogP contribution in [0.25, 0.3) is 0 Å². The van der Waals surface area contributed by atoms with Crippen molar-refractivity contribution in [1.82, 2.24) is 5.43 Å². The third-order valence-electron chi connectivity index (χ3n) is 4.69. The first-order valence-electron chi connectivity index (χ1n) is 10.2. The van der Waals surface area contributed by atoms with Crippen molar-refractivity contribution < 1.29 is 37.7 Å². The van der Waals surface area contributed by atoms with Gasteiger partial charge in [0.25, 0.3) is 0 Å². The fourth-order valence-electron chi connectivity index (χ4n) is 2.86. The van der Waals surface area contributed by atoms with Crippen LogP contribution < -0.4 is 29.7 Å². The topological polar surface area (TPSA) is 138 Å². The summed E-state index contributed by atoms with van der Waals surface area (Å²) >= 11 is 0. The first-order chi connectivity index (χ1) is 16.9. The van der Waals surface area contributed by atoms with Gasteiger partial charge in [-0.3, -0.25) is 9.59 Å². The summed E-state index contributed by atoms with van der Waals surface area (Å²) in [4.78, 5) is 36.7. The molecule has 2 N–H and O–H groups in total. The lowest BCUT2D eigenvalue weighted by Gasteiger charge is -2.11. The van der Waals surface area contributed by atoms with Crippen LogP contribution >= 0.6 is 0 Å². The summed E-state index contributed by atoms with van der Waals surface area (Å²) in [7, 11) is 4.32. The first kappa shape index (κ1) is 24.8. The zero-order valence-corrected chi connectivity index (χ0v) is 19.4. The SMILES string of the molecule is COc1ccc(OC)c(NC(=O)C(=O)N/N=C(\C)c2ccc(OC(=O)c3ccco3)c(OC)c2)c1. The van der Waals surface area contributed by atoms with E-state index in [4.69, 9.17) is 23.4 Å². The Balaban J connectivity index is 1.67. The number of anilines is 1. The number of nitrogens with zero attached hydrogens (tertiary/aromatic N) is 1. The largest absolute Gasteiger partial charge is 0.497 e. The molecule has 0 aliphatic carbocycles. The molecule has 3 aromatic rings. The van der Waals surface area contributed by atoms with Gasteiger partial charge in [-0.25, -0.2) is 10.2 Å². The molecule has 0 saturated carbocycles. The van der Waals surface area contributed by atoms with Crippen molar-refractivity contribution in [2.45, 2.75) is 6.92 Å². The molecule has 0 bridgehead atoms. The van der Waals surface area contributed by atoms with Gasteiger partial charge in [0.1, 0.15) is 11.5 Å². The summed E-state index contributed by atoms with van der Waals surface area (Å²) in [6.07, 6.45) is 1.36. The van der Waals surface area contributed by atoms with Gasteiger partial charge in [-0.2, -0.15) is 5.10 Å². The van der Waals surface area contributed by atoms with E-state index in [2.05, 4.69) is 15.8 Å². The molecule has 1 heterocycles. The molecule has 0 unspecified atom stereocenters. The maximum Gasteiger partial charge on any atom is 0.379 e. The Morgan fingerprint density at radius 2 is 1.60 bits per heavy atom. The minimum absolute atomic E-state index is 0.0430. The first-order valence-corrected chi connectivity index (χ1v) is 10.2. The van der Waals surface area contributed by atoms with E-state index in [0.29, 0.717) is 22.8 Å². The lowest BCUT2D eigenvalue weighted by molar-refractivity contribution is -0.136. The molecule has 11 nitrogen and oxygen atoms in total. The summed E-state index contributed by atoms with van der Waals surface area (Å²) in [6, 6.07) is 12.5. The van der Waals surface area contributed by atoms with E-state index in [-0.39, 0.29) is 22.9 Å². The summed E-state index contributed by atoms with van der Waals surface area (Å²) in [5.41, 5.74) is 3.38. The van der Waals surface area contributed by atoms with E-state index in [0.717, 1.165) is 0 Å². The third-order valence-corrected chi connectivity index (χ3v) is 4.69. The smallest absolute Gasteiger partial charge is 0.379 e. The Hall–Kier alpha value is -4.80. The average Bonchev–Trinajstić information content (AvgIpc) is 3.42. The average molecular weight is 481 g/mol. The predicted molar refractivity (Wildman–Crippen MR) is 125 cm³/mol. The fourth-order valence-corrected chi connectivity index (χ4v) is 2.86. The number of amides is 2. The number of rotatable bonds is 8. The van der Waals surface area contributed by atoms with Crippen LogP contribution in [0.5, 0.6) is 23.0 Å². The van der Waals surface area contributed by atoms with Crippen LogP contribution in [0.15, 0.2) is 64.3 Å². The van der Waals surface area contributed by atoms with Crippen molar-refractivity contribution in [3.05, 3.63) is 66.1 Å². The highest BCUT2D eigenvalue weighted by molar-refractivity contribution is 6.39. The molecule has 35 heavy (non-hydrogen) atoms. The van der Waals surface area contributed by atoms with Gasteiger partial charge in [0.2, 0.25) is 5.76 Å². The number of ether oxygens (including phenoxy) is 4.